The second kappa shape index (κ2) is 14.9. The zero-order chi connectivity index (χ0) is 31.7. The molecule has 11 heteroatoms. The summed E-state index contributed by atoms with van der Waals surface area (Å²) in [5, 5.41) is 2.68. The molecule has 9 nitrogen and oxygen atoms in total. The Morgan fingerprint density at radius 3 is 2.07 bits per heavy atom. The van der Waals surface area contributed by atoms with Crippen LogP contribution in [0, 0.1) is 0 Å². The standard InChI is InChI=1S/C33H34BrN3O6S/c1-35-33(39)30(21-24-9-5-4-6-10-24)36(22-25-13-15-26(34)16-14-25)32(38)23-37(29-11-7-8-12-31(29)43-3)44(40,41)28-19-17-27(42-2)18-20-28/h4-20,30H,21-23H2,1-3H3,(H,35,39)/t30-/m1/s1. The number of hydrogen-bond acceptors (Lipinski definition) is 6. The zero-order valence-corrected chi connectivity index (χ0v) is 27.0. The van der Waals surface area contributed by atoms with Crippen LogP contribution >= 0.6 is 15.9 Å². The van der Waals surface area contributed by atoms with E-state index < -0.39 is 28.5 Å². The summed E-state index contributed by atoms with van der Waals surface area (Å²) in [5.41, 5.74) is 1.80. The maximum absolute atomic E-state index is 14.4. The minimum absolute atomic E-state index is 0.0383. The molecule has 0 radical (unpaired) electrons. The number of ether oxygens (including phenoxy) is 2. The number of nitrogens with one attached hydrogen (secondary N) is 1. The van der Waals surface area contributed by atoms with Gasteiger partial charge in [-0.1, -0.05) is 70.5 Å². The van der Waals surface area contributed by atoms with Gasteiger partial charge in [0.2, 0.25) is 11.8 Å². The number of halogens is 1. The first-order chi connectivity index (χ1) is 21.2. The number of para-hydroxylation sites is 2. The van der Waals surface area contributed by atoms with E-state index >= 15 is 0 Å². The second-order valence-corrected chi connectivity index (χ2v) is 12.6. The van der Waals surface area contributed by atoms with Gasteiger partial charge in [0.1, 0.15) is 24.1 Å². The fourth-order valence-corrected chi connectivity index (χ4v) is 6.42. The number of anilines is 1. The second-order valence-electron chi connectivity index (χ2n) is 9.83. The Balaban J connectivity index is 1.81. The van der Waals surface area contributed by atoms with Gasteiger partial charge in [-0.3, -0.25) is 13.9 Å². The van der Waals surface area contributed by atoms with Crippen LogP contribution in [0.1, 0.15) is 11.1 Å². The smallest absolute Gasteiger partial charge is 0.264 e. The Bertz CT molecular complexity index is 1670. The van der Waals surface area contributed by atoms with Gasteiger partial charge < -0.3 is 19.7 Å². The third-order valence-electron chi connectivity index (χ3n) is 7.06. The highest BCUT2D eigenvalue weighted by Gasteiger charge is 2.35. The average molecular weight is 681 g/mol. The van der Waals surface area contributed by atoms with Crippen molar-refractivity contribution in [3.8, 4) is 11.5 Å². The molecule has 1 atom stereocenters. The lowest BCUT2D eigenvalue weighted by atomic mass is 10.0. The van der Waals surface area contributed by atoms with E-state index in [0.29, 0.717) is 5.75 Å². The molecule has 44 heavy (non-hydrogen) atoms. The third-order valence-corrected chi connectivity index (χ3v) is 9.37. The minimum Gasteiger partial charge on any atom is -0.497 e. The van der Waals surface area contributed by atoms with Crippen molar-refractivity contribution in [2.75, 3.05) is 32.1 Å². The van der Waals surface area contributed by atoms with E-state index in [4.69, 9.17) is 9.47 Å². The first-order valence-electron chi connectivity index (χ1n) is 13.8. The van der Waals surface area contributed by atoms with Crippen LogP contribution in [0.5, 0.6) is 11.5 Å². The number of sulfonamides is 1. The van der Waals surface area contributed by atoms with Gasteiger partial charge in [-0.05, 0) is 59.7 Å². The number of carbonyl (C=O) groups is 2. The largest absolute Gasteiger partial charge is 0.497 e. The summed E-state index contributed by atoms with van der Waals surface area (Å²) in [5.74, 6) is -0.190. The van der Waals surface area contributed by atoms with Gasteiger partial charge in [0, 0.05) is 24.5 Å². The van der Waals surface area contributed by atoms with Crippen molar-refractivity contribution in [3.63, 3.8) is 0 Å². The number of nitrogens with zero attached hydrogens (tertiary/aromatic N) is 2. The van der Waals surface area contributed by atoms with Crippen molar-refractivity contribution < 1.29 is 27.5 Å². The molecule has 0 aliphatic heterocycles. The van der Waals surface area contributed by atoms with Gasteiger partial charge in [-0.15, -0.1) is 0 Å². The topological polar surface area (TPSA) is 105 Å². The highest BCUT2D eigenvalue weighted by Crippen LogP contribution is 2.33. The van der Waals surface area contributed by atoms with Gasteiger partial charge in [-0.2, -0.15) is 0 Å². The molecule has 4 rings (SSSR count). The summed E-state index contributed by atoms with van der Waals surface area (Å²) in [7, 11) is 0.145. The van der Waals surface area contributed by atoms with Crippen molar-refractivity contribution in [3.05, 3.63) is 119 Å². The lowest BCUT2D eigenvalue weighted by molar-refractivity contribution is -0.139. The van der Waals surface area contributed by atoms with Gasteiger partial charge >= 0.3 is 0 Å². The highest BCUT2D eigenvalue weighted by molar-refractivity contribution is 9.10. The van der Waals surface area contributed by atoms with Crippen LogP contribution < -0.4 is 19.1 Å². The van der Waals surface area contributed by atoms with Gasteiger partial charge in [0.15, 0.2) is 0 Å². The summed E-state index contributed by atoms with van der Waals surface area (Å²) in [6, 6.07) is 28.3. The van der Waals surface area contributed by atoms with Gasteiger partial charge in [0.25, 0.3) is 10.0 Å². The molecule has 4 aromatic rings. The minimum atomic E-state index is -4.29. The molecule has 0 aliphatic carbocycles. The molecule has 1 N–H and O–H groups in total. The van der Waals surface area contributed by atoms with E-state index in [1.54, 1.807) is 24.3 Å². The molecule has 0 heterocycles. The van der Waals surface area contributed by atoms with E-state index in [0.717, 1.165) is 19.9 Å². The lowest BCUT2D eigenvalue weighted by Crippen LogP contribution is -2.53. The van der Waals surface area contributed by atoms with Gasteiger partial charge in [0.05, 0.1) is 24.8 Å². The predicted molar refractivity (Wildman–Crippen MR) is 173 cm³/mol. The van der Waals surface area contributed by atoms with Crippen molar-refractivity contribution in [2.24, 2.45) is 0 Å². The van der Waals surface area contributed by atoms with Crippen LogP contribution in [0.2, 0.25) is 0 Å². The fourth-order valence-electron chi connectivity index (χ4n) is 4.73. The van der Waals surface area contributed by atoms with E-state index in [-0.39, 0.29) is 35.2 Å². The van der Waals surface area contributed by atoms with Crippen LogP contribution in [-0.2, 0) is 32.6 Å². The summed E-state index contributed by atoms with van der Waals surface area (Å²) in [6.45, 7) is -0.521. The number of rotatable bonds is 13. The molecule has 0 spiro atoms. The summed E-state index contributed by atoms with van der Waals surface area (Å²) in [4.78, 5) is 29.2. The molecule has 4 aromatic carbocycles. The molecule has 0 aromatic heterocycles. The molecular weight excluding hydrogens is 646 g/mol. The molecule has 0 saturated carbocycles. The van der Waals surface area contributed by atoms with Crippen LogP contribution in [0.4, 0.5) is 5.69 Å². The van der Waals surface area contributed by atoms with Gasteiger partial charge in [-0.25, -0.2) is 8.42 Å². The molecular formula is C33H34BrN3O6S. The molecule has 230 valence electrons. The Morgan fingerprint density at radius 1 is 0.818 bits per heavy atom. The number of likely N-dealkylation sites (N-methyl/N-ethyl adjacent to an activating group) is 1. The first kappa shape index (κ1) is 32.6. The third kappa shape index (κ3) is 7.78. The van der Waals surface area contributed by atoms with Crippen molar-refractivity contribution >= 4 is 43.5 Å². The van der Waals surface area contributed by atoms with E-state index in [2.05, 4.69) is 21.2 Å². The number of amides is 2. The molecule has 0 unspecified atom stereocenters. The van der Waals surface area contributed by atoms with Crippen molar-refractivity contribution in [2.45, 2.75) is 23.9 Å². The maximum Gasteiger partial charge on any atom is 0.264 e. The summed E-state index contributed by atoms with van der Waals surface area (Å²) < 4.78 is 40.9. The predicted octanol–water partition coefficient (Wildman–Crippen LogP) is 5.05. The summed E-state index contributed by atoms with van der Waals surface area (Å²) >= 11 is 3.44. The number of hydrogen-bond donors (Lipinski definition) is 1. The Labute approximate surface area is 266 Å². The molecule has 0 fully saturated rings. The van der Waals surface area contributed by atoms with Crippen LogP contribution in [0.25, 0.3) is 0 Å². The number of methoxy groups -OCH3 is 2. The lowest BCUT2D eigenvalue weighted by Gasteiger charge is -2.34. The van der Waals surface area contributed by atoms with Crippen molar-refractivity contribution in [1.82, 2.24) is 10.2 Å². The fraction of sp³-hybridized carbons (Fsp3) is 0.212. The zero-order valence-electron chi connectivity index (χ0n) is 24.6. The molecule has 2 amide bonds. The van der Waals surface area contributed by atoms with Crippen LogP contribution in [0.3, 0.4) is 0 Å². The maximum atomic E-state index is 14.4. The Kier molecular flexibility index (Phi) is 11.0. The molecule has 0 saturated heterocycles. The Hall–Kier alpha value is -4.35. The normalized spacial score (nSPS) is 11.7. The quantitative estimate of drug-likeness (QED) is 0.212. The van der Waals surface area contributed by atoms with Crippen LogP contribution in [0.15, 0.2) is 112 Å². The van der Waals surface area contributed by atoms with E-state index in [9.17, 15) is 18.0 Å². The van der Waals surface area contributed by atoms with E-state index in [1.165, 1.54) is 50.4 Å². The SMILES string of the molecule is CNC(=O)[C@@H](Cc1ccccc1)N(Cc1ccc(Br)cc1)C(=O)CN(c1ccccc1OC)S(=O)(=O)c1ccc(OC)cc1. The highest BCUT2D eigenvalue weighted by atomic mass is 79.9. The number of carbonyl (C=O) groups excluding carboxylic acids is 2. The summed E-state index contributed by atoms with van der Waals surface area (Å²) in [6.07, 6.45) is 0.225. The van der Waals surface area contributed by atoms with E-state index in [1.807, 2.05) is 54.6 Å². The molecule has 0 aliphatic rings. The van der Waals surface area contributed by atoms with Crippen molar-refractivity contribution in [1.29, 1.82) is 0 Å². The average Bonchev–Trinajstić information content (AvgIpc) is 3.06. The monoisotopic (exact) mass is 679 g/mol. The Morgan fingerprint density at radius 2 is 1.45 bits per heavy atom. The number of benzene rings is 4. The van der Waals surface area contributed by atoms with Crippen LogP contribution in [-0.4, -0.2) is 59.0 Å². The first-order valence-corrected chi connectivity index (χ1v) is 16.0. The molecule has 0 bridgehead atoms.